The molecule has 3 rings (SSSR count). The molecular weight excluding hydrogens is 480 g/mol. The van der Waals surface area contributed by atoms with Crippen LogP contribution in [0.3, 0.4) is 0 Å². The monoisotopic (exact) mass is 508 g/mol. The Kier molecular flexibility index (Phi) is 10.3. The lowest BCUT2D eigenvalue weighted by Gasteiger charge is -2.17. The number of alkyl halides is 1. The van der Waals surface area contributed by atoms with Crippen LogP contribution in [0.2, 0.25) is 0 Å². The van der Waals surface area contributed by atoms with Gasteiger partial charge < -0.3 is 9.47 Å². The molecule has 0 N–H and O–H groups in total. The number of ketones is 1. The van der Waals surface area contributed by atoms with Gasteiger partial charge in [0.1, 0.15) is 6.61 Å². The molecule has 0 unspecified atom stereocenters. The number of hydrogen-bond acceptors (Lipinski definition) is 4. The maximum Gasteiger partial charge on any atom is 0.306 e. The summed E-state index contributed by atoms with van der Waals surface area (Å²) in [6.07, 6.45) is 1.79. The Labute approximate surface area is 204 Å². The highest BCUT2D eigenvalue weighted by molar-refractivity contribution is 9.09. The Morgan fingerprint density at radius 2 is 1.36 bits per heavy atom. The number of hydrogen-bond donors (Lipinski definition) is 0. The average molecular weight is 509 g/mol. The molecule has 0 aromatic heterocycles. The van der Waals surface area contributed by atoms with Gasteiger partial charge in [0.25, 0.3) is 0 Å². The van der Waals surface area contributed by atoms with Crippen molar-refractivity contribution in [2.45, 2.75) is 32.5 Å². The topological polar surface area (TPSA) is 52.6 Å². The van der Waals surface area contributed by atoms with Crippen LogP contribution in [0.1, 0.15) is 39.9 Å². The maximum atomic E-state index is 12.5. The minimum absolute atomic E-state index is 0.0527. The van der Waals surface area contributed by atoms with E-state index in [9.17, 15) is 9.59 Å². The predicted octanol–water partition coefficient (Wildman–Crippen LogP) is 6.16. The zero-order valence-electron chi connectivity index (χ0n) is 18.6. The maximum absolute atomic E-state index is 12.5. The van der Waals surface area contributed by atoms with Crippen molar-refractivity contribution in [3.05, 3.63) is 107 Å². The highest BCUT2D eigenvalue weighted by Gasteiger charge is 2.17. The summed E-state index contributed by atoms with van der Waals surface area (Å²) in [6, 6.07) is 27.3. The third kappa shape index (κ3) is 8.95. The number of carbonyl (C=O) groups is 2. The molecule has 3 aromatic carbocycles. The number of carbonyl (C=O) groups excluding carboxylic acids is 2. The molecule has 0 amide bonds. The second-order valence-electron chi connectivity index (χ2n) is 8.00. The second kappa shape index (κ2) is 13.7. The molecule has 0 saturated carbocycles. The summed E-state index contributed by atoms with van der Waals surface area (Å²) in [4.78, 5) is 24.4. The van der Waals surface area contributed by atoms with Gasteiger partial charge in [0.15, 0.2) is 5.78 Å². The minimum Gasteiger partial charge on any atom is -0.461 e. The highest BCUT2D eigenvalue weighted by Crippen LogP contribution is 2.19. The van der Waals surface area contributed by atoms with Gasteiger partial charge in [-0.3, -0.25) is 9.59 Å². The van der Waals surface area contributed by atoms with E-state index in [-0.39, 0.29) is 24.3 Å². The Balaban J connectivity index is 1.55. The van der Waals surface area contributed by atoms with Gasteiger partial charge in [-0.2, -0.15) is 0 Å². The number of esters is 1. The van der Waals surface area contributed by atoms with Crippen LogP contribution in [0.15, 0.2) is 84.9 Å². The Hall–Kier alpha value is -2.76. The lowest BCUT2D eigenvalue weighted by Crippen LogP contribution is -2.16. The largest absolute Gasteiger partial charge is 0.461 e. The van der Waals surface area contributed by atoms with E-state index in [2.05, 4.69) is 15.9 Å². The van der Waals surface area contributed by atoms with Crippen LogP contribution in [0.25, 0.3) is 0 Å². The average Bonchev–Trinajstić information content (AvgIpc) is 2.86. The van der Waals surface area contributed by atoms with E-state index in [1.165, 1.54) is 0 Å². The molecule has 0 heterocycles. The summed E-state index contributed by atoms with van der Waals surface area (Å²) in [5, 5.41) is 0.307. The van der Waals surface area contributed by atoms with Gasteiger partial charge in [0.05, 0.1) is 11.9 Å². The van der Waals surface area contributed by atoms with Crippen LogP contribution in [0.4, 0.5) is 0 Å². The first-order valence-electron chi connectivity index (χ1n) is 11.1. The number of ether oxygens (including phenoxy) is 2. The summed E-state index contributed by atoms with van der Waals surface area (Å²) >= 11 is 3.21. The van der Waals surface area contributed by atoms with Crippen molar-refractivity contribution < 1.29 is 19.1 Å². The number of benzene rings is 3. The first-order chi connectivity index (χ1) is 16.1. The van der Waals surface area contributed by atoms with E-state index >= 15 is 0 Å². The molecule has 0 aliphatic carbocycles. The van der Waals surface area contributed by atoms with Crippen LogP contribution in [-0.4, -0.2) is 23.7 Å². The van der Waals surface area contributed by atoms with Gasteiger partial charge in [-0.1, -0.05) is 101 Å². The molecule has 0 aliphatic heterocycles. The third-order valence-corrected chi connectivity index (χ3v) is 5.91. The van der Waals surface area contributed by atoms with Crippen molar-refractivity contribution in [2.75, 3.05) is 11.9 Å². The van der Waals surface area contributed by atoms with Gasteiger partial charge >= 0.3 is 5.97 Å². The molecular formula is C28H29BrO4. The van der Waals surface area contributed by atoms with Crippen LogP contribution in [0, 0.1) is 5.92 Å². The first kappa shape index (κ1) is 24.9. The lowest BCUT2D eigenvalue weighted by atomic mass is 9.92. The van der Waals surface area contributed by atoms with Crippen molar-refractivity contribution >= 4 is 27.7 Å². The molecule has 0 fully saturated rings. The molecule has 0 spiro atoms. The fourth-order valence-electron chi connectivity index (χ4n) is 3.56. The third-order valence-electron chi connectivity index (χ3n) is 5.40. The summed E-state index contributed by atoms with van der Waals surface area (Å²) in [7, 11) is 0. The van der Waals surface area contributed by atoms with Crippen LogP contribution in [-0.2, 0) is 33.9 Å². The molecule has 0 aliphatic rings. The lowest BCUT2D eigenvalue weighted by molar-refractivity contribution is -0.146. The molecule has 172 valence electrons. The summed E-state index contributed by atoms with van der Waals surface area (Å²) in [5.74, 6) is -0.0725. The Morgan fingerprint density at radius 3 is 1.97 bits per heavy atom. The standard InChI is InChI=1S/C28H29BrO4/c29-19-27(30)26-13-11-22(12-14-26)17-25(15-16-32-20-23-7-3-1-4-8-23)18-28(31)33-21-24-9-5-2-6-10-24/h1-14,25H,15-21H2/t25-/m1/s1. The molecule has 0 radical (unpaired) electrons. The van der Waals surface area contributed by atoms with Gasteiger partial charge in [-0.05, 0) is 35.4 Å². The fraction of sp³-hybridized carbons (Fsp3) is 0.286. The zero-order valence-corrected chi connectivity index (χ0v) is 20.2. The van der Waals surface area contributed by atoms with E-state index in [1.54, 1.807) is 0 Å². The SMILES string of the molecule is O=C(C[C@H](CCOCc1ccccc1)Cc1ccc(C(=O)CBr)cc1)OCc1ccccc1. The molecule has 1 atom stereocenters. The molecule has 33 heavy (non-hydrogen) atoms. The van der Waals surface area contributed by atoms with Gasteiger partial charge in [0, 0.05) is 18.6 Å². The van der Waals surface area contributed by atoms with Gasteiger partial charge in [-0.25, -0.2) is 0 Å². The van der Waals surface area contributed by atoms with Crippen LogP contribution in [0.5, 0.6) is 0 Å². The number of rotatable bonds is 13. The van der Waals surface area contributed by atoms with E-state index in [1.807, 2.05) is 84.9 Å². The molecule has 0 saturated heterocycles. The Morgan fingerprint density at radius 1 is 0.758 bits per heavy atom. The Bertz CT molecular complexity index is 987. The van der Waals surface area contributed by atoms with E-state index in [4.69, 9.17) is 9.47 Å². The smallest absolute Gasteiger partial charge is 0.306 e. The summed E-state index contributed by atoms with van der Waals surface area (Å²) < 4.78 is 11.4. The fourth-order valence-corrected chi connectivity index (χ4v) is 3.88. The van der Waals surface area contributed by atoms with Gasteiger partial charge in [0.2, 0.25) is 0 Å². The minimum atomic E-state index is -0.210. The van der Waals surface area contributed by atoms with E-state index in [0.717, 1.165) is 29.5 Å². The van der Waals surface area contributed by atoms with Crippen LogP contribution < -0.4 is 0 Å². The van der Waals surface area contributed by atoms with Crippen molar-refractivity contribution in [2.24, 2.45) is 5.92 Å². The quantitative estimate of drug-likeness (QED) is 0.120. The normalized spacial score (nSPS) is 11.7. The summed E-state index contributed by atoms with van der Waals surface area (Å²) in [6.45, 7) is 1.39. The van der Waals surface area contributed by atoms with Crippen molar-refractivity contribution in [3.8, 4) is 0 Å². The van der Waals surface area contributed by atoms with Gasteiger partial charge in [-0.15, -0.1) is 0 Å². The van der Waals surface area contributed by atoms with E-state index in [0.29, 0.717) is 30.5 Å². The number of halogens is 1. The van der Waals surface area contributed by atoms with Crippen molar-refractivity contribution in [1.82, 2.24) is 0 Å². The first-order valence-corrected chi connectivity index (χ1v) is 12.3. The van der Waals surface area contributed by atoms with Crippen molar-refractivity contribution in [1.29, 1.82) is 0 Å². The summed E-state index contributed by atoms with van der Waals surface area (Å²) in [5.41, 5.74) is 3.87. The zero-order chi connectivity index (χ0) is 23.3. The van der Waals surface area contributed by atoms with Crippen molar-refractivity contribution in [3.63, 3.8) is 0 Å². The molecule has 0 bridgehead atoms. The molecule has 4 nitrogen and oxygen atoms in total. The van der Waals surface area contributed by atoms with Crippen LogP contribution >= 0.6 is 15.9 Å². The molecule has 3 aromatic rings. The number of Topliss-reactive ketones (excluding diaryl/α,β-unsaturated/α-hetero) is 1. The van der Waals surface area contributed by atoms with E-state index < -0.39 is 0 Å². The second-order valence-corrected chi connectivity index (χ2v) is 8.56. The predicted molar refractivity (Wildman–Crippen MR) is 133 cm³/mol. The molecule has 5 heteroatoms. The highest BCUT2D eigenvalue weighted by atomic mass is 79.9.